The first-order valence-electron chi connectivity index (χ1n) is 4.42. The van der Waals surface area contributed by atoms with Gasteiger partial charge in [0, 0.05) is 18.1 Å². The van der Waals surface area contributed by atoms with Crippen LogP contribution in [0.15, 0.2) is 24.3 Å². The second-order valence-electron chi connectivity index (χ2n) is 3.13. The van der Waals surface area contributed by atoms with Gasteiger partial charge in [0.15, 0.2) is 0 Å². The van der Waals surface area contributed by atoms with Crippen molar-refractivity contribution in [2.24, 2.45) is 5.73 Å². The Labute approximate surface area is 82.5 Å². The minimum Gasteiger partial charge on any atom is -0.489 e. The Hall–Kier alpha value is -0.670. The Morgan fingerprint density at radius 2 is 2.00 bits per heavy atom. The van der Waals surface area contributed by atoms with Crippen LogP contribution in [0, 0.1) is 0 Å². The van der Waals surface area contributed by atoms with Crippen LogP contribution in [0.4, 0.5) is 0 Å². The smallest absolute Gasteiger partial charge is 0.119 e. The number of benzene rings is 1. The first kappa shape index (κ1) is 8.91. The molecule has 2 nitrogen and oxygen atoms in total. The second-order valence-corrected chi connectivity index (χ2v) is 4.20. The van der Waals surface area contributed by atoms with Gasteiger partial charge in [-0.05, 0) is 17.7 Å². The number of rotatable bonds is 3. The molecular formula is C10H13NOS. The van der Waals surface area contributed by atoms with Crippen molar-refractivity contribution >= 4 is 11.8 Å². The maximum Gasteiger partial charge on any atom is 0.119 e. The van der Waals surface area contributed by atoms with Gasteiger partial charge >= 0.3 is 0 Å². The molecule has 1 aromatic carbocycles. The van der Waals surface area contributed by atoms with Crippen LogP contribution in [0.3, 0.4) is 0 Å². The molecule has 1 aromatic rings. The molecule has 0 radical (unpaired) electrons. The molecule has 1 aliphatic heterocycles. The first-order chi connectivity index (χ1) is 6.38. The highest BCUT2D eigenvalue weighted by atomic mass is 32.2. The van der Waals surface area contributed by atoms with Gasteiger partial charge in [-0.1, -0.05) is 12.1 Å². The van der Waals surface area contributed by atoms with Crippen molar-refractivity contribution in [3.63, 3.8) is 0 Å². The maximum atomic E-state index is 5.69. The molecule has 1 fully saturated rings. The van der Waals surface area contributed by atoms with E-state index in [1.54, 1.807) is 0 Å². The van der Waals surface area contributed by atoms with Crippen molar-refractivity contribution < 1.29 is 4.74 Å². The third-order valence-corrected chi connectivity index (χ3v) is 3.28. The summed E-state index contributed by atoms with van der Waals surface area (Å²) in [6, 6.07) is 8.01. The highest BCUT2D eigenvalue weighted by molar-refractivity contribution is 8.00. The molecular weight excluding hydrogens is 182 g/mol. The zero-order valence-corrected chi connectivity index (χ0v) is 8.22. The summed E-state index contributed by atoms with van der Waals surface area (Å²) in [6.45, 7) is 0.597. The van der Waals surface area contributed by atoms with E-state index in [0.29, 0.717) is 12.6 Å². The largest absolute Gasteiger partial charge is 0.489 e. The lowest BCUT2D eigenvalue weighted by molar-refractivity contribution is 0.240. The van der Waals surface area contributed by atoms with Crippen molar-refractivity contribution in [1.82, 2.24) is 0 Å². The summed E-state index contributed by atoms with van der Waals surface area (Å²) in [5.41, 5.74) is 6.64. The summed E-state index contributed by atoms with van der Waals surface area (Å²) in [5.74, 6) is 3.21. The molecule has 0 saturated carbocycles. The van der Waals surface area contributed by atoms with E-state index >= 15 is 0 Å². The lowest BCUT2D eigenvalue weighted by atomic mass is 10.2. The summed E-state index contributed by atoms with van der Waals surface area (Å²) in [7, 11) is 0. The van der Waals surface area contributed by atoms with Gasteiger partial charge in [-0.2, -0.15) is 11.8 Å². The standard InChI is InChI=1S/C10H13NOS/c11-5-8-1-3-9(4-2-8)12-10-6-13-7-10/h1-4,10H,5-7,11H2. The summed E-state index contributed by atoms with van der Waals surface area (Å²) < 4.78 is 5.69. The molecule has 3 heteroatoms. The molecule has 0 bridgehead atoms. The van der Waals surface area contributed by atoms with Gasteiger partial charge in [0.25, 0.3) is 0 Å². The molecule has 0 atom stereocenters. The van der Waals surface area contributed by atoms with Gasteiger partial charge < -0.3 is 10.5 Å². The van der Waals surface area contributed by atoms with Gasteiger partial charge in [0.2, 0.25) is 0 Å². The van der Waals surface area contributed by atoms with Crippen LogP contribution in [0.1, 0.15) is 5.56 Å². The monoisotopic (exact) mass is 195 g/mol. The Bertz CT molecular complexity index is 269. The van der Waals surface area contributed by atoms with Gasteiger partial charge in [-0.15, -0.1) is 0 Å². The molecule has 0 aliphatic carbocycles. The third-order valence-electron chi connectivity index (χ3n) is 2.07. The van der Waals surface area contributed by atoms with Crippen molar-refractivity contribution in [2.45, 2.75) is 12.6 Å². The van der Waals surface area contributed by atoms with Gasteiger partial charge in [0.05, 0.1) is 0 Å². The molecule has 1 aliphatic rings. The number of nitrogens with two attached hydrogens (primary N) is 1. The molecule has 1 heterocycles. The van der Waals surface area contributed by atoms with E-state index in [1.807, 2.05) is 36.0 Å². The fraction of sp³-hybridized carbons (Fsp3) is 0.400. The predicted molar refractivity (Wildman–Crippen MR) is 56.1 cm³/mol. The van der Waals surface area contributed by atoms with E-state index in [2.05, 4.69) is 0 Å². The maximum absolute atomic E-state index is 5.69. The van der Waals surface area contributed by atoms with E-state index in [0.717, 1.165) is 22.8 Å². The fourth-order valence-corrected chi connectivity index (χ4v) is 1.74. The van der Waals surface area contributed by atoms with Crippen molar-refractivity contribution in [3.05, 3.63) is 29.8 Å². The van der Waals surface area contributed by atoms with E-state index in [9.17, 15) is 0 Å². The molecule has 0 unspecified atom stereocenters. The molecule has 2 rings (SSSR count). The zero-order valence-electron chi connectivity index (χ0n) is 7.40. The number of thioether (sulfide) groups is 1. The number of hydrogen-bond donors (Lipinski definition) is 1. The van der Waals surface area contributed by atoms with Crippen molar-refractivity contribution in [2.75, 3.05) is 11.5 Å². The first-order valence-corrected chi connectivity index (χ1v) is 5.57. The number of hydrogen-bond acceptors (Lipinski definition) is 3. The van der Waals surface area contributed by atoms with Crippen LogP contribution in [0.5, 0.6) is 5.75 Å². The average molecular weight is 195 g/mol. The molecule has 2 N–H and O–H groups in total. The topological polar surface area (TPSA) is 35.2 Å². The van der Waals surface area contributed by atoms with Gasteiger partial charge in [0.1, 0.15) is 11.9 Å². The van der Waals surface area contributed by atoms with E-state index in [4.69, 9.17) is 10.5 Å². The van der Waals surface area contributed by atoms with Crippen LogP contribution >= 0.6 is 11.8 Å². The Balaban J connectivity index is 1.96. The Kier molecular flexibility index (Phi) is 2.76. The van der Waals surface area contributed by atoms with E-state index < -0.39 is 0 Å². The summed E-state index contributed by atoms with van der Waals surface area (Å²) >= 11 is 1.93. The van der Waals surface area contributed by atoms with E-state index in [1.165, 1.54) is 0 Å². The van der Waals surface area contributed by atoms with Crippen LogP contribution in [0.25, 0.3) is 0 Å². The average Bonchev–Trinajstić information content (AvgIpc) is 2.12. The predicted octanol–water partition coefficient (Wildman–Crippen LogP) is 1.64. The third kappa shape index (κ3) is 2.17. The van der Waals surface area contributed by atoms with Crippen molar-refractivity contribution in [3.8, 4) is 5.75 Å². The molecule has 13 heavy (non-hydrogen) atoms. The molecule has 0 aromatic heterocycles. The lowest BCUT2D eigenvalue weighted by Crippen LogP contribution is -2.30. The van der Waals surface area contributed by atoms with Gasteiger partial charge in [-0.3, -0.25) is 0 Å². The van der Waals surface area contributed by atoms with Crippen LogP contribution in [0.2, 0.25) is 0 Å². The second kappa shape index (κ2) is 4.03. The van der Waals surface area contributed by atoms with Gasteiger partial charge in [-0.25, -0.2) is 0 Å². The van der Waals surface area contributed by atoms with Crippen LogP contribution in [-0.4, -0.2) is 17.6 Å². The Morgan fingerprint density at radius 1 is 1.31 bits per heavy atom. The zero-order chi connectivity index (χ0) is 9.10. The van der Waals surface area contributed by atoms with Crippen molar-refractivity contribution in [1.29, 1.82) is 0 Å². The highest BCUT2D eigenvalue weighted by Gasteiger charge is 2.19. The lowest BCUT2D eigenvalue weighted by Gasteiger charge is -2.25. The molecule has 1 saturated heterocycles. The normalized spacial score (nSPS) is 16.7. The van der Waals surface area contributed by atoms with E-state index in [-0.39, 0.29) is 0 Å². The summed E-state index contributed by atoms with van der Waals surface area (Å²) in [6.07, 6.45) is 0.425. The molecule has 0 spiro atoms. The minimum absolute atomic E-state index is 0.425. The van der Waals surface area contributed by atoms with Crippen LogP contribution in [-0.2, 0) is 6.54 Å². The Morgan fingerprint density at radius 3 is 2.46 bits per heavy atom. The fourth-order valence-electron chi connectivity index (χ4n) is 1.18. The molecule has 70 valence electrons. The van der Waals surface area contributed by atoms with Crippen LogP contribution < -0.4 is 10.5 Å². The highest BCUT2D eigenvalue weighted by Crippen LogP contribution is 2.23. The molecule has 0 amide bonds. The summed E-state index contributed by atoms with van der Waals surface area (Å²) in [4.78, 5) is 0. The quantitative estimate of drug-likeness (QED) is 0.796. The number of ether oxygens (including phenoxy) is 1. The minimum atomic E-state index is 0.425. The summed E-state index contributed by atoms with van der Waals surface area (Å²) in [5, 5.41) is 0. The SMILES string of the molecule is NCc1ccc(OC2CSC2)cc1.